The second-order valence-corrected chi connectivity index (χ2v) is 10.5. The normalized spacial score (nSPS) is 11.5. The molecule has 0 unspecified atom stereocenters. The smallest absolute Gasteiger partial charge is 0.0701 e. The summed E-state index contributed by atoms with van der Waals surface area (Å²) in [6.07, 6.45) is 30.3. The summed E-state index contributed by atoms with van der Waals surface area (Å²) in [5.74, 6) is 0. The standard InChI is InChI=1S/C32H66O4/c1-3-5-7-9-11-13-14-15-16-17-18-20-22-24-26-34-28-30-36-32-31-35-29-27-33-25-23-21-19-12-10-8-6-4-2/h3-32H2,1-2H3. The third kappa shape index (κ3) is 33.8. The molecule has 0 saturated carbocycles. The van der Waals surface area contributed by atoms with Crippen LogP contribution < -0.4 is 0 Å². The Morgan fingerprint density at radius 1 is 0.222 bits per heavy atom. The summed E-state index contributed by atoms with van der Waals surface area (Å²) >= 11 is 0. The van der Waals surface area contributed by atoms with Gasteiger partial charge < -0.3 is 18.9 Å². The Morgan fingerprint density at radius 2 is 0.417 bits per heavy atom. The molecule has 0 heterocycles. The van der Waals surface area contributed by atoms with Crippen LogP contribution in [0.15, 0.2) is 0 Å². The number of hydrogen-bond acceptors (Lipinski definition) is 4. The molecular formula is C32H66O4. The van der Waals surface area contributed by atoms with Crippen LogP contribution in [0.25, 0.3) is 0 Å². The van der Waals surface area contributed by atoms with Gasteiger partial charge in [-0.1, -0.05) is 142 Å². The van der Waals surface area contributed by atoms with E-state index in [1.54, 1.807) is 0 Å². The van der Waals surface area contributed by atoms with Crippen molar-refractivity contribution in [3.8, 4) is 0 Å². The van der Waals surface area contributed by atoms with Gasteiger partial charge >= 0.3 is 0 Å². The number of hydrogen-bond donors (Lipinski definition) is 0. The van der Waals surface area contributed by atoms with Crippen molar-refractivity contribution in [2.75, 3.05) is 52.9 Å². The van der Waals surface area contributed by atoms with Crippen LogP contribution in [0.3, 0.4) is 0 Å². The molecular weight excluding hydrogens is 448 g/mol. The lowest BCUT2D eigenvalue weighted by atomic mass is 10.0. The Kier molecular flexibility index (Phi) is 34.7. The van der Waals surface area contributed by atoms with Gasteiger partial charge in [0.05, 0.1) is 39.6 Å². The second kappa shape index (κ2) is 34.8. The molecule has 0 radical (unpaired) electrons. The zero-order valence-electron chi connectivity index (χ0n) is 24.8. The van der Waals surface area contributed by atoms with Crippen LogP contribution in [0.4, 0.5) is 0 Å². The van der Waals surface area contributed by atoms with Gasteiger partial charge in [-0.2, -0.15) is 0 Å². The average molecular weight is 515 g/mol. The molecule has 0 aliphatic rings. The predicted octanol–water partition coefficient (Wildman–Crippen LogP) is 9.67. The van der Waals surface area contributed by atoms with Crippen molar-refractivity contribution in [2.45, 2.75) is 155 Å². The minimum absolute atomic E-state index is 0.639. The molecule has 4 heteroatoms. The van der Waals surface area contributed by atoms with Crippen molar-refractivity contribution in [3.05, 3.63) is 0 Å². The van der Waals surface area contributed by atoms with Gasteiger partial charge in [-0.25, -0.2) is 0 Å². The molecule has 218 valence electrons. The van der Waals surface area contributed by atoms with E-state index in [1.807, 2.05) is 0 Å². The third-order valence-electron chi connectivity index (χ3n) is 6.90. The lowest BCUT2D eigenvalue weighted by Crippen LogP contribution is -2.12. The first-order valence-electron chi connectivity index (χ1n) is 16.2. The fourth-order valence-corrected chi connectivity index (χ4v) is 4.50. The first kappa shape index (κ1) is 35.8. The van der Waals surface area contributed by atoms with E-state index in [-0.39, 0.29) is 0 Å². The molecule has 0 atom stereocenters. The highest BCUT2D eigenvalue weighted by molar-refractivity contribution is 4.49. The maximum Gasteiger partial charge on any atom is 0.0701 e. The van der Waals surface area contributed by atoms with Gasteiger partial charge in [0, 0.05) is 13.2 Å². The van der Waals surface area contributed by atoms with Crippen molar-refractivity contribution in [1.29, 1.82) is 0 Å². The Hall–Kier alpha value is -0.160. The molecule has 0 bridgehead atoms. The third-order valence-corrected chi connectivity index (χ3v) is 6.90. The molecule has 0 aliphatic carbocycles. The number of unbranched alkanes of at least 4 members (excludes halogenated alkanes) is 20. The van der Waals surface area contributed by atoms with E-state index >= 15 is 0 Å². The van der Waals surface area contributed by atoms with E-state index < -0.39 is 0 Å². The van der Waals surface area contributed by atoms with Crippen LogP contribution in [0.1, 0.15) is 155 Å². The van der Waals surface area contributed by atoms with Crippen LogP contribution in [0, 0.1) is 0 Å². The largest absolute Gasteiger partial charge is 0.379 e. The maximum absolute atomic E-state index is 5.68. The minimum atomic E-state index is 0.639. The molecule has 0 fully saturated rings. The van der Waals surface area contributed by atoms with E-state index in [2.05, 4.69) is 13.8 Å². The van der Waals surface area contributed by atoms with Crippen molar-refractivity contribution in [3.63, 3.8) is 0 Å². The molecule has 0 amide bonds. The fourth-order valence-electron chi connectivity index (χ4n) is 4.50. The second-order valence-electron chi connectivity index (χ2n) is 10.5. The molecule has 0 saturated heterocycles. The Balaban J connectivity index is 3.00. The summed E-state index contributed by atoms with van der Waals surface area (Å²) in [6, 6.07) is 0. The number of rotatable bonds is 33. The van der Waals surface area contributed by atoms with Gasteiger partial charge in [0.25, 0.3) is 0 Å². The van der Waals surface area contributed by atoms with E-state index in [0.29, 0.717) is 39.6 Å². The van der Waals surface area contributed by atoms with Crippen LogP contribution >= 0.6 is 0 Å². The lowest BCUT2D eigenvalue weighted by molar-refractivity contribution is -0.00248. The van der Waals surface area contributed by atoms with Crippen LogP contribution in [0.2, 0.25) is 0 Å². The van der Waals surface area contributed by atoms with Crippen molar-refractivity contribution in [2.24, 2.45) is 0 Å². The zero-order valence-corrected chi connectivity index (χ0v) is 24.8. The van der Waals surface area contributed by atoms with Crippen molar-refractivity contribution in [1.82, 2.24) is 0 Å². The van der Waals surface area contributed by atoms with Gasteiger partial charge in [0.1, 0.15) is 0 Å². The van der Waals surface area contributed by atoms with E-state index in [0.717, 1.165) is 13.2 Å². The fraction of sp³-hybridized carbons (Fsp3) is 1.00. The molecule has 0 spiro atoms. The molecule has 0 rings (SSSR count). The summed E-state index contributed by atoms with van der Waals surface area (Å²) in [6.45, 7) is 10.3. The van der Waals surface area contributed by atoms with Crippen molar-refractivity contribution >= 4 is 0 Å². The maximum atomic E-state index is 5.68. The van der Waals surface area contributed by atoms with Gasteiger partial charge in [-0.05, 0) is 12.8 Å². The van der Waals surface area contributed by atoms with Gasteiger partial charge in [0.15, 0.2) is 0 Å². The Labute approximate surface area is 227 Å². The van der Waals surface area contributed by atoms with Crippen LogP contribution in [-0.2, 0) is 18.9 Å². The quantitative estimate of drug-likeness (QED) is 0.0817. The zero-order chi connectivity index (χ0) is 26.0. The molecule has 0 N–H and O–H groups in total. The molecule has 36 heavy (non-hydrogen) atoms. The Morgan fingerprint density at radius 3 is 0.667 bits per heavy atom. The highest BCUT2D eigenvalue weighted by atomic mass is 16.6. The van der Waals surface area contributed by atoms with E-state index in [1.165, 1.54) is 141 Å². The summed E-state index contributed by atoms with van der Waals surface area (Å²) < 4.78 is 22.5. The lowest BCUT2D eigenvalue weighted by Gasteiger charge is -2.08. The highest BCUT2D eigenvalue weighted by Crippen LogP contribution is 2.13. The van der Waals surface area contributed by atoms with E-state index in [4.69, 9.17) is 18.9 Å². The monoisotopic (exact) mass is 514 g/mol. The predicted molar refractivity (Wildman–Crippen MR) is 156 cm³/mol. The van der Waals surface area contributed by atoms with Crippen molar-refractivity contribution < 1.29 is 18.9 Å². The van der Waals surface area contributed by atoms with Crippen LogP contribution in [-0.4, -0.2) is 52.9 Å². The molecule has 0 aromatic rings. The molecule has 0 aromatic carbocycles. The van der Waals surface area contributed by atoms with E-state index in [9.17, 15) is 0 Å². The summed E-state index contributed by atoms with van der Waals surface area (Å²) in [4.78, 5) is 0. The first-order chi connectivity index (χ1) is 17.9. The summed E-state index contributed by atoms with van der Waals surface area (Å²) in [7, 11) is 0. The molecule has 4 nitrogen and oxygen atoms in total. The summed E-state index contributed by atoms with van der Waals surface area (Å²) in [5, 5.41) is 0. The minimum Gasteiger partial charge on any atom is -0.379 e. The topological polar surface area (TPSA) is 36.9 Å². The Bertz CT molecular complexity index is 330. The molecule has 0 aliphatic heterocycles. The number of ether oxygens (including phenoxy) is 4. The summed E-state index contributed by atoms with van der Waals surface area (Å²) in [5.41, 5.74) is 0. The first-order valence-corrected chi connectivity index (χ1v) is 16.2. The van der Waals surface area contributed by atoms with Crippen LogP contribution in [0.5, 0.6) is 0 Å². The SMILES string of the molecule is CCCCCCCCCCCCCCCCOCCOCCOCCOCCCCCCCCCC. The van der Waals surface area contributed by atoms with Gasteiger partial charge in [-0.15, -0.1) is 0 Å². The van der Waals surface area contributed by atoms with Gasteiger partial charge in [-0.3, -0.25) is 0 Å². The van der Waals surface area contributed by atoms with Gasteiger partial charge in [0.2, 0.25) is 0 Å². The average Bonchev–Trinajstić information content (AvgIpc) is 2.89. The molecule has 0 aromatic heterocycles. The highest BCUT2D eigenvalue weighted by Gasteiger charge is 1.96.